The zero-order valence-corrected chi connectivity index (χ0v) is 14.8. The van der Waals surface area contributed by atoms with Crippen molar-refractivity contribution in [1.29, 1.82) is 0 Å². The fourth-order valence-electron chi connectivity index (χ4n) is 4.23. The Morgan fingerprint density at radius 1 is 1.12 bits per heavy atom. The second-order valence-corrected chi connectivity index (χ2v) is 7.09. The number of rotatable bonds is 3. The van der Waals surface area contributed by atoms with E-state index in [1.807, 2.05) is 12.1 Å². The fraction of sp³-hybridized carbons (Fsp3) is 0.526. The molecule has 1 spiro atoms. The third-order valence-corrected chi connectivity index (χ3v) is 5.77. The number of aromatic nitrogens is 1. The number of hydrogen-bond donors (Lipinski definition) is 1. The zero-order chi connectivity index (χ0) is 17.4. The van der Waals surface area contributed by atoms with Crippen molar-refractivity contribution in [3.05, 3.63) is 24.1 Å². The molecule has 2 aromatic rings. The first-order valence-electron chi connectivity index (χ1n) is 8.82. The highest BCUT2D eigenvalue weighted by Crippen LogP contribution is 2.42. The molecule has 4 rings (SSSR count). The van der Waals surface area contributed by atoms with E-state index in [4.69, 9.17) is 9.47 Å². The minimum Gasteiger partial charge on any atom is -0.493 e. The van der Waals surface area contributed by atoms with Crippen LogP contribution in [0.25, 0.3) is 10.9 Å². The maximum atomic E-state index is 14.7. The molecule has 2 aliphatic heterocycles. The standard InChI is InChI=1S/C19H24FN3O2/c1-24-16-9-13-15(10-17(16)25-2)22-11-14(20)18(13)23-7-4-19(5-8-23)3-6-21-12-19/h9-11,21H,3-8,12H2,1-2H3. The molecule has 2 saturated heterocycles. The number of fused-ring (bicyclic) bond motifs is 1. The predicted molar refractivity (Wildman–Crippen MR) is 96.2 cm³/mol. The van der Waals surface area contributed by atoms with E-state index < -0.39 is 0 Å². The molecule has 0 radical (unpaired) electrons. The average molecular weight is 345 g/mol. The van der Waals surface area contributed by atoms with E-state index in [1.54, 1.807) is 14.2 Å². The van der Waals surface area contributed by atoms with E-state index in [1.165, 1.54) is 12.6 Å². The van der Waals surface area contributed by atoms with E-state index in [0.29, 0.717) is 22.6 Å². The molecule has 0 unspecified atom stereocenters. The minimum absolute atomic E-state index is 0.278. The van der Waals surface area contributed by atoms with E-state index in [9.17, 15) is 4.39 Å². The molecule has 5 nitrogen and oxygen atoms in total. The highest BCUT2D eigenvalue weighted by atomic mass is 19.1. The van der Waals surface area contributed by atoms with Gasteiger partial charge in [0.2, 0.25) is 0 Å². The summed E-state index contributed by atoms with van der Waals surface area (Å²) in [5, 5.41) is 4.25. The highest BCUT2D eigenvalue weighted by Gasteiger charge is 2.37. The molecule has 0 bridgehead atoms. The number of benzene rings is 1. The number of pyridine rings is 1. The van der Waals surface area contributed by atoms with Gasteiger partial charge in [0.15, 0.2) is 17.3 Å². The second kappa shape index (κ2) is 6.33. The minimum atomic E-state index is -0.278. The smallest absolute Gasteiger partial charge is 0.165 e. The summed E-state index contributed by atoms with van der Waals surface area (Å²) in [5.41, 5.74) is 1.75. The van der Waals surface area contributed by atoms with Crippen LogP contribution in [0.2, 0.25) is 0 Å². The molecule has 0 amide bonds. The van der Waals surface area contributed by atoms with Crippen LogP contribution in [0.1, 0.15) is 19.3 Å². The lowest BCUT2D eigenvalue weighted by Crippen LogP contribution is -2.41. The zero-order valence-electron chi connectivity index (χ0n) is 14.8. The van der Waals surface area contributed by atoms with Gasteiger partial charge < -0.3 is 19.7 Å². The van der Waals surface area contributed by atoms with Gasteiger partial charge in [0.25, 0.3) is 0 Å². The summed E-state index contributed by atoms with van der Waals surface area (Å²) in [6.45, 7) is 3.92. The number of halogens is 1. The van der Waals surface area contributed by atoms with Crippen molar-refractivity contribution in [2.24, 2.45) is 5.41 Å². The molecular weight excluding hydrogens is 321 g/mol. The molecule has 1 aromatic heterocycles. The molecule has 25 heavy (non-hydrogen) atoms. The van der Waals surface area contributed by atoms with Crippen molar-refractivity contribution in [3.8, 4) is 11.5 Å². The summed E-state index contributed by atoms with van der Waals surface area (Å²) >= 11 is 0. The van der Waals surface area contributed by atoms with Gasteiger partial charge in [-0.25, -0.2) is 4.39 Å². The number of nitrogens with zero attached hydrogens (tertiary/aromatic N) is 2. The third-order valence-electron chi connectivity index (χ3n) is 5.77. The summed E-state index contributed by atoms with van der Waals surface area (Å²) in [6, 6.07) is 3.64. The van der Waals surface area contributed by atoms with Crippen molar-refractivity contribution in [2.45, 2.75) is 19.3 Å². The van der Waals surface area contributed by atoms with Gasteiger partial charge in [-0.2, -0.15) is 0 Å². The Labute approximate surface area is 147 Å². The summed E-state index contributed by atoms with van der Waals surface area (Å²) in [5.74, 6) is 0.923. The van der Waals surface area contributed by atoms with Crippen LogP contribution in [0, 0.1) is 11.2 Å². The van der Waals surface area contributed by atoms with Crippen LogP contribution >= 0.6 is 0 Å². The quantitative estimate of drug-likeness (QED) is 0.927. The molecule has 2 aliphatic rings. The SMILES string of the molecule is COc1cc2ncc(F)c(N3CCC4(CCNC4)CC3)c2cc1OC. The van der Waals surface area contributed by atoms with E-state index in [2.05, 4.69) is 15.2 Å². The Morgan fingerprint density at radius 3 is 2.48 bits per heavy atom. The first kappa shape index (κ1) is 16.4. The number of nitrogens with one attached hydrogen (secondary N) is 1. The molecule has 2 fully saturated rings. The van der Waals surface area contributed by atoms with Crippen LogP contribution in [0.4, 0.5) is 10.1 Å². The predicted octanol–water partition coefficient (Wildman–Crippen LogP) is 2.97. The van der Waals surface area contributed by atoms with Gasteiger partial charge in [-0.3, -0.25) is 4.98 Å². The topological polar surface area (TPSA) is 46.6 Å². The molecule has 3 heterocycles. The number of hydrogen-bond acceptors (Lipinski definition) is 5. The Balaban J connectivity index is 1.72. The number of piperidine rings is 1. The van der Waals surface area contributed by atoms with Gasteiger partial charge in [0, 0.05) is 31.1 Å². The van der Waals surface area contributed by atoms with Gasteiger partial charge >= 0.3 is 0 Å². The number of anilines is 1. The average Bonchev–Trinajstić information content (AvgIpc) is 3.10. The number of methoxy groups -OCH3 is 2. The first-order valence-corrected chi connectivity index (χ1v) is 8.82. The fourth-order valence-corrected chi connectivity index (χ4v) is 4.23. The van der Waals surface area contributed by atoms with E-state index in [0.717, 1.165) is 49.9 Å². The van der Waals surface area contributed by atoms with Crippen molar-refractivity contribution in [2.75, 3.05) is 45.3 Å². The van der Waals surface area contributed by atoms with Gasteiger partial charge in [0.1, 0.15) is 0 Å². The van der Waals surface area contributed by atoms with Crippen LogP contribution in [-0.2, 0) is 0 Å². The maximum absolute atomic E-state index is 14.7. The molecule has 0 saturated carbocycles. The lowest BCUT2D eigenvalue weighted by molar-refractivity contribution is 0.247. The van der Waals surface area contributed by atoms with Crippen molar-refractivity contribution < 1.29 is 13.9 Å². The Hall–Kier alpha value is -2.08. The Bertz CT molecular complexity index is 780. The lowest BCUT2D eigenvalue weighted by Gasteiger charge is -2.40. The van der Waals surface area contributed by atoms with Crippen molar-refractivity contribution in [3.63, 3.8) is 0 Å². The Kier molecular flexibility index (Phi) is 4.15. The van der Waals surface area contributed by atoms with Crippen LogP contribution < -0.4 is 19.7 Å². The Morgan fingerprint density at radius 2 is 1.84 bits per heavy atom. The van der Waals surface area contributed by atoms with E-state index >= 15 is 0 Å². The summed E-state index contributed by atoms with van der Waals surface area (Å²) in [4.78, 5) is 6.41. The van der Waals surface area contributed by atoms with Crippen molar-refractivity contribution >= 4 is 16.6 Å². The van der Waals surface area contributed by atoms with Crippen LogP contribution in [-0.4, -0.2) is 45.4 Å². The highest BCUT2D eigenvalue weighted by molar-refractivity contribution is 5.94. The monoisotopic (exact) mass is 345 g/mol. The molecule has 134 valence electrons. The molecule has 6 heteroatoms. The van der Waals surface area contributed by atoms with Gasteiger partial charge in [0.05, 0.1) is 31.6 Å². The van der Waals surface area contributed by atoms with E-state index in [-0.39, 0.29) is 5.82 Å². The molecule has 0 aliphatic carbocycles. The maximum Gasteiger partial charge on any atom is 0.165 e. The van der Waals surface area contributed by atoms with Crippen LogP contribution in [0.15, 0.2) is 18.3 Å². The first-order chi connectivity index (χ1) is 12.2. The third kappa shape index (κ3) is 2.78. The number of ether oxygens (including phenoxy) is 2. The lowest BCUT2D eigenvalue weighted by atomic mass is 9.77. The second-order valence-electron chi connectivity index (χ2n) is 7.09. The molecule has 0 atom stereocenters. The van der Waals surface area contributed by atoms with Gasteiger partial charge in [-0.1, -0.05) is 0 Å². The normalized spacial score (nSPS) is 19.6. The summed E-state index contributed by atoms with van der Waals surface area (Å²) < 4.78 is 25.4. The van der Waals surface area contributed by atoms with Crippen molar-refractivity contribution in [1.82, 2.24) is 10.3 Å². The van der Waals surface area contributed by atoms with Crippen LogP contribution in [0.5, 0.6) is 11.5 Å². The summed E-state index contributed by atoms with van der Waals surface area (Å²) in [6.07, 6.45) is 4.73. The molecular formula is C19H24FN3O2. The molecule has 1 aromatic carbocycles. The summed E-state index contributed by atoms with van der Waals surface area (Å²) in [7, 11) is 3.18. The molecule has 1 N–H and O–H groups in total. The van der Waals surface area contributed by atoms with Gasteiger partial charge in [-0.15, -0.1) is 0 Å². The largest absolute Gasteiger partial charge is 0.493 e. The van der Waals surface area contributed by atoms with Crippen LogP contribution in [0.3, 0.4) is 0 Å². The van der Waals surface area contributed by atoms with Gasteiger partial charge in [-0.05, 0) is 37.3 Å².